The molecule has 4 heteroatoms. The van der Waals surface area contributed by atoms with Gasteiger partial charge in [-0.05, 0) is 19.1 Å². The number of ether oxygens (including phenoxy) is 1. The molecule has 1 atom stereocenters. The molecule has 1 unspecified atom stereocenters. The van der Waals surface area contributed by atoms with E-state index < -0.39 is 0 Å². The van der Waals surface area contributed by atoms with Crippen molar-refractivity contribution in [3.8, 4) is 11.5 Å². The molecule has 0 saturated heterocycles. The fraction of sp³-hybridized carbons (Fsp3) is 0.182. The number of benzene rings is 1. The van der Waals surface area contributed by atoms with Crippen LogP contribution in [0.1, 0.15) is 13.2 Å². The van der Waals surface area contributed by atoms with Gasteiger partial charge >= 0.3 is 0 Å². The first-order valence-corrected chi connectivity index (χ1v) is 4.69. The summed E-state index contributed by atoms with van der Waals surface area (Å²) < 4.78 is 7.37. The summed E-state index contributed by atoms with van der Waals surface area (Å²) in [4.78, 5) is 3.93. The van der Waals surface area contributed by atoms with Crippen LogP contribution in [0, 0.1) is 0 Å². The molecular weight excluding hydrogens is 192 g/mol. The molecule has 0 bridgehead atoms. The fourth-order valence-electron chi connectivity index (χ4n) is 1.29. The van der Waals surface area contributed by atoms with Gasteiger partial charge in [-0.3, -0.25) is 0 Å². The van der Waals surface area contributed by atoms with E-state index in [0.717, 1.165) is 0 Å². The lowest BCUT2D eigenvalue weighted by atomic mass is 10.3. The van der Waals surface area contributed by atoms with Crippen LogP contribution in [-0.4, -0.2) is 14.7 Å². The van der Waals surface area contributed by atoms with Gasteiger partial charge in [0.05, 0.1) is 6.33 Å². The molecular formula is C11H12N2O2. The van der Waals surface area contributed by atoms with Crippen molar-refractivity contribution in [2.45, 2.75) is 13.2 Å². The molecule has 4 nitrogen and oxygen atoms in total. The topological polar surface area (TPSA) is 47.3 Å². The molecule has 2 aromatic rings. The first kappa shape index (κ1) is 9.58. The summed E-state index contributed by atoms with van der Waals surface area (Å²) in [6.07, 6.45) is 4.97. The van der Waals surface area contributed by atoms with E-state index in [9.17, 15) is 5.11 Å². The molecule has 0 fully saturated rings. The molecule has 0 radical (unpaired) electrons. The second-order valence-corrected chi connectivity index (χ2v) is 3.19. The van der Waals surface area contributed by atoms with E-state index in [1.54, 1.807) is 30.7 Å². The normalized spacial score (nSPS) is 12.3. The lowest BCUT2D eigenvalue weighted by Gasteiger charge is -2.16. The van der Waals surface area contributed by atoms with Gasteiger partial charge in [0.15, 0.2) is 17.7 Å². The van der Waals surface area contributed by atoms with E-state index in [0.29, 0.717) is 5.75 Å². The maximum Gasteiger partial charge on any atom is 0.174 e. The summed E-state index contributed by atoms with van der Waals surface area (Å²) in [5, 5.41) is 9.51. The van der Waals surface area contributed by atoms with E-state index >= 15 is 0 Å². The molecule has 0 spiro atoms. The third kappa shape index (κ3) is 2.10. The van der Waals surface area contributed by atoms with E-state index in [-0.39, 0.29) is 12.0 Å². The predicted molar refractivity (Wildman–Crippen MR) is 55.7 cm³/mol. The molecule has 0 aliphatic heterocycles. The largest absolute Gasteiger partial charge is 0.504 e. The van der Waals surface area contributed by atoms with Gasteiger partial charge in [-0.1, -0.05) is 12.1 Å². The lowest BCUT2D eigenvalue weighted by molar-refractivity contribution is 0.147. The van der Waals surface area contributed by atoms with Gasteiger partial charge in [-0.15, -0.1) is 0 Å². The molecule has 2 rings (SSSR count). The number of phenolic OH excluding ortho intramolecular Hbond substituents is 1. The monoisotopic (exact) mass is 204 g/mol. The zero-order valence-corrected chi connectivity index (χ0v) is 8.37. The number of para-hydroxylation sites is 2. The van der Waals surface area contributed by atoms with Gasteiger partial charge in [0, 0.05) is 12.4 Å². The van der Waals surface area contributed by atoms with Crippen molar-refractivity contribution >= 4 is 0 Å². The number of phenols is 1. The minimum absolute atomic E-state index is 0.143. The summed E-state index contributed by atoms with van der Waals surface area (Å²) in [6, 6.07) is 6.89. The number of rotatable bonds is 3. The third-order valence-corrected chi connectivity index (χ3v) is 2.11. The van der Waals surface area contributed by atoms with Crippen LogP contribution in [0.25, 0.3) is 0 Å². The molecule has 1 N–H and O–H groups in total. The number of imidazole rings is 1. The van der Waals surface area contributed by atoms with Crippen molar-refractivity contribution in [1.29, 1.82) is 0 Å². The van der Waals surface area contributed by atoms with Gasteiger partial charge in [0.2, 0.25) is 0 Å². The minimum atomic E-state index is -0.194. The zero-order chi connectivity index (χ0) is 10.7. The SMILES string of the molecule is CC(Oc1ccccc1O)n1ccnc1. The Labute approximate surface area is 87.8 Å². The second kappa shape index (κ2) is 4.04. The molecule has 1 aromatic carbocycles. The number of aromatic hydroxyl groups is 1. The number of hydrogen-bond acceptors (Lipinski definition) is 3. The molecule has 0 amide bonds. The zero-order valence-electron chi connectivity index (χ0n) is 8.37. The van der Waals surface area contributed by atoms with Crippen LogP contribution in [0.15, 0.2) is 43.0 Å². The van der Waals surface area contributed by atoms with Crippen LogP contribution in [-0.2, 0) is 0 Å². The summed E-state index contributed by atoms with van der Waals surface area (Å²) in [5.74, 6) is 0.614. The van der Waals surface area contributed by atoms with E-state index in [1.807, 2.05) is 23.8 Å². The Bertz CT molecular complexity index is 426. The molecule has 1 heterocycles. The van der Waals surface area contributed by atoms with Gasteiger partial charge in [-0.2, -0.15) is 0 Å². The van der Waals surface area contributed by atoms with Gasteiger partial charge in [0.25, 0.3) is 0 Å². The molecule has 0 saturated carbocycles. The second-order valence-electron chi connectivity index (χ2n) is 3.19. The Morgan fingerprint density at radius 1 is 1.40 bits per heavy atom. The maximum atomic E-state index is 9.51. The highest BCUT2D eigenvalue weighted by Gasteiger charge is 2.07. The fourth-order valence-corrected chi connectivity index (χ4v) is 1.29. The van der Waals surface area contributed by atoms with Crippen LogP contribution in [0.3, 0.4) is 0 Å². The quantitative estimate of drug-likeness (QED) is 0.833. The number of aromatic nitrogens is 2. The molecule has 0 aliphatic carbocycles. The van der Waals surface area contributed by atoms with Gasteiger partial charge in [0.1, 0.15) is 0 Å². The lowest BCUT2D eigenvalue weighted by Crippen LogP contribution is -2.10. The predicted octanol–water partition coefficient (Wildman–Crippen LogP) is 2.19. The van der Waals surface area contributed by atoms with Crippen LogP contribution < -0.4 is 4.74 Å². The summed E-state index contributed by atoms with van der Waals surface area (Å²) in [5.41, 5.74) is 0. The summed E-state index contributed by atoms with van der Waals surface area (Å²) in [7, 11) is 0. The summed E-state index contributed by atoms with van der Waals surface area (Å²) in [6.45, 7) is 1.88. The minimum Gasteiger partial charge on any atom is -0.504 e. The Balaban J connectivity index is 2.13. The Hall–Kier alpha value is -1.97. The van der Waals surface area contributed by atoms with Crippen LogP contribution in [0.4, 0.5) is 0 Å². The van der Waals surface area contributed by atoms with Crippen molar-refractivity contribution in [2.75, 3.05) is 0 Å². The highest BCUT2D eigenvalue weighted by Crippen LogP contribution is 2.27. The first-order valence-electron chi connectivity index (χ1n) is 4.69. The van der Waals surface area contributed by atoms with E-state index in [1.165, 1.54) is 0 Å². The molecule has 0 aliphatic rings. The van der Waals surface area contributed by atoms with E-state index in [4.69, 9.17) is 4.74 Å². The standard InChI is InChI=1S/C11H12N2O2/c1-9(13-7-6-12-8-13)15-11-5-3-2-4-10(11)14/h2-9,14H,1H3. The van der Waals surface area contributed by atoms with Crippen molar-refractivity contribution < 1.29 is 9.84 Å². The number of nitrogens with zero attached hydrogens (tertiary/aromatic N) is 2. The van der Waals surface area contributed by atoms with Crippen LogP contribution in [0.2, 0.25) is 0 Å². The molecule has 15 heavy (non-hydrogen) atoms. The van der Waals surface area contributed by atoms with Crippen molar-refractivity contribution in [2.24, 2.45) is 0 Å². The smallest absolute Gasteiger partial charge is 0.174 e. The van der Waals surface area contributed by atoms with Crippen molar-refractivity contribution in [1.82, 2.24) is 9.55 Å². The van der Waals surface area contributed by atoms with Crippen LogP contribution >= 0.6 is 0 Å². The average Bonchev–Trinajstić information content (AvgIpc) is 2.74. The van der Waals surface area contributed by atoms with Crippen molar-refractivity contribution in [3.63, 3.8) is 0 Å². The highest BCUT2D eigenvalue weighted by molar-refractivity contribution is 5.37. The summed E-state index contributed by atoms with van der Waals surface area (Å²) >= 11 is 0. The van der Waals surface area contributed by atoms with Crippen molar-refractivity contribution in [3.05, 3.63) is 43.0 Å². The Morgan fingerprint density at radius 2 is 2.20 bits per heavy atom. The maximum absolute atomic E-state index is 9.51. The number of hydrogen-bond donors (Lipinski definition) is 1. The highest BCUT2D eigenvalue weighted by atomic mass is 16.5. The van der Waals surface area contributed by atoms with Gasteiger partial charge < -0.3 is 14.4 Å². The Morgan fingerprint density at radius 3 is 2.87 bits per heavy atom. The Kier molecular flexibility index (Phi) is 2.58. The first-order chi connectivity index (χ1) is 7.27. The molecule has 78 valence electrons. The molecule has 1 aromatic heterocycles. The van der Waals surface area contributed by atoms with E-state index in [2.05, 4.69) is 4.98 Å². The average molecular weight is 204 g/mol. The van der Waals surface area contributed by atoms with Crippen LogP contribution in [0.5, 0.6) is 11.5 Å². The third-order valence-electron chi connectivity index (χ3n) is 2.11. The van der Waals surface area contributed by atoms with Gasteiger partial charge in [-0.25, -0.2) is 4.98 Å².